The fraction of sp³-hybridized carbons (Fsp3) is 0.500. The molecule has 0 aromatic heterocycles. The van der Waals surface area contributed by atoms with Crippen LogP contribution >= 0.6 is 0 Å². The van der Waals surface area contributed by atoms with Crippen molar-refractivity contribution in [1.29, 1.82) is 0 Å². The second-order valence-corrected chi connectivity index (χ2v) is 4.01. The summed E-state index contributed by atoms with van der Waals surface area (Å²) < 4.78 is 0. The van der Waals surface area contributed by atoms with Crippen LogP contribution in [0.2, 0.25) is 0 Å². The zero-order valence-electron chi connectivity index (χ0n) is 7.88. The highest BCUT2D eigenvalue weighted by Gasteiger charge is 2.20. The Morgan fingerprint density at radius 2 is 1.33 bits per heavy atom. The third-order valence-corrected chi connectivity index (χ3v) is 3.09. The average Bonchev–Trinajstić information content (AvgIpc) is 2.12. The second-order valence-electron chi connectivity index (χ2n) is 4.01. The Kier molecular flexibility index (Phi) is 1.92. The van der Waals surface area contributed by atoms with E-state index in [1.165, 1.54) is 12.8 Å². The van der Waals surface area contributed by atoms with Crippen LogP contribution in [-0.2, 0) is 0 Å². The predicted molar refractivity (Wildman–Crippen MR) is 52.5 cm³/mol. The summed E-state index contributed by atoms with van der Waals surface area (Å²) in [5.74, 6) is 1.55. The maximum atomic E-state index is 2.34. The highest BCUT2D eigenvalue weighted by Crippen LogP contribution is 2.37. The quantitative estimate of drug-likeness (QED) is 0.543. The highest BCUT2D eigenvalue weighted by atomic mass is 14.2. The maximum Gasteiger partial charge on any atom is -0.0187 e. The molecule has 64 valence electrons. The molecule has 0 heterocycles. The monoisotopic (exact) mass is 160 g/mol. The summed E-state index contributed by atoms with van der Waals surface area (Å²) in [5, 5.41) is 0. The van der Waals surface area contributed by atoms with Gasteiger partial charge < -0.3 is 0 Å². The van der Waals surface area contributed by atoms with Crippen LogP contribution in [0.25, 0.3) is 0 Å². The third kappa shape index (κ3) is 1.16. The first-order valence-electron chi connectivity index (χ1n) is 4.88. The summed E-state index contributed by atoms with van der Waals surface area (Å²) in [5.41, 5.74) is 3.16. The van der Waals surface area contributed by atoms with Crippen LogP contribution in [0.15, 0.2) is 24.3 Å². The van der Waals surface area contributed by atoms with E-state index in [-0.39, 0.29) is 0 Å². The molecule has 1 aliphatic rings. The lowest BCUT2D eigenvalue weighted by atomic mass is 9.78. The van der Waals surface area contributed by atoms with E-state index in [9.17, 15) is 0 Å². The van der Waals surface area contributed by atoms with E-state index in [1.807, 2.05) is 0 Å². The molecule has 0 nitrogen and oxygen atoms in total. The van der Waals surface area contributed by atoms with Gasteiger partial charge in [-0.05, 0) is 35.8 Å². The Balaban J connectivity index is 2.47. The summed E-state index contributed by atoms with van der Waals surface area (Å²) in [6, 6.07) is 8.89. The number of hydrogen-bond acceptors (Lipinski definition) is 0. The van der Waals surface area contributed by atoms with Crippen molar-refractivity contribution in [1.82, 2.24) is 0 Å². The van der Waals surface area contributed by atoms with Gasteiger partial charge in [0.1, 0.15) is 0 Å². The van der Waals surface area contributed by atoms with Gasteiger partial charge in [0.25, 0.3) is 0 Å². The van der Waals surface area contributed by atoms with Crippen LogP contribution in [0.1, 0.15) is 49.7 Å². The molecule has 0 fully saturated rings. The van der Waals surface area contributed by atoms with Crippen molar-refractivity contribution >= 4 is 0 Å². The molecule has 2 rings (SSSR count). The van der Waals surface area contributed by atoms with E-state index in [1.54, 1.807) is 11.1 Å². The van der Waals surface area contributed by atoms with Gasteiger partial charge >= 0.3 is 0 Å². The number of benzene rings is 1. The third-order valence-electron chi connectivity index (χ3n) is 3.09. The molecule has 0 saturated heterocycles. The zero-order chi connectivity index (χ0) is 8.55. The van der Waals surface area contributed by atoms with Gasteiger partial charge in [-0.25, -0.2) is 0 Å². The Bertz CT molecular complexity index is 246. The minimum atomic E-state index is 0.775. The van der Waals surface area contributed by atoms with E-state index in [4.69, 9.17) is 0 Å². The molecule has 0 N–H and O–H groups in total. The predicted octanol–water partition coefficient (Wildman–Crippen LogP) is 3.69. The number of fused-ring (bicyclic) bond motifs is 1. The summed E-state index contributed by atoms with van der Waals surface area (Å²) in [6.07, 6.45) is 2.72. The lowest BCUT2D eigenvalue weighted by Crippen LogP contribution is -2.09. The first kappa shape index (κ1) is 7.85. The lowest BCUT2D eigenvalue weighted by molar-refractivity contribution is 0.527. The molecule has 0 bridgehead atoms. The molecule has 1 aromatic rings. The lowest BCUT2D eigenvalue weighted by Gasteiger charge is -2.27. The Labute approximate surface area is 74.6 Å². The fourth-order valence-electron chi connectivity index (χ4n) is 2.22. The molecule has 1 aliphatic carbocycles. The minimum absolute atomic E-state index is 0.775. The van der Waals surface area contributed by atoms with Crippen molar-refractivity contribution in [2.24, 2.45) is 0 Å². The van der Waals surface area contributed by atoms with E-state index in [0.717, 1.165) is 11.8 Å². The topological polar surface area (TPSA) is 0 Å². The molecule has 0 heteroatoms. The van der Waals surface area contributed by atoms with Gasteiger partial charge in [0, 0.05) is 0 Å². The van der Waals surface area contributed by atoms with Gasteiger partial charge in [0.15, 0.2) is 0 Å². The second kappa shape index (κ2) is 2.93. The van der Waals surface area contributed by atoms with Gasteiger partial charge in [0.2, 0.25) is 0 Å². The standard InChI is InChI=1S/C12H16/c1-9-7-8-10(2)12-6-4-3-5-11(9)12/h3-6,9-10H,7-8H2,1-2H3/t9-,10-/m1/s1. The summed E-state index contributed by atoms with van der Waals surface area (Å²) in [6.45, 7) is 4.68. The van der Waals surface area contributed by atoms with Crippen molar-refractivity contribution in [2.45, 2.75) is 38.5 Å². The van der Waals surface area contributed by atoms with Crippen molar-refractivity contribution in [3.05, 3.63) is 35.4 Å². The van der Waals surface area contributed by atoms with Gasteiger partial charge in [-0.3, -0.25) is 0 Å². The van der Waals surface area contributed by atoms with Crippen molar-refractivity contribution < 1.29 is 0 Å². The van der Waals surface area contributed by atoms with Crippen molar-refractivity contribution in [3.63, 3.8) is 0 Å². The Morgan fingerprint density at radius 3 is 1.75 bits per heavy atom. The molecular formula is C12H16. The first-order chi connectivity index (χ1) is 5.79. The minimum Gasteiger partial charge on any atom is -0.0620 e. The molecular weight excluding hydrogens is 144 g/mol. The molecule has 0 saturated carbocycles. The maximum absolute atomic E-state index is 2.34. The molecule has 0 unspecified atom stereocenters. The van der Waals surface area contributed by atoms with Crippen molar-refractivity contribution in [2.75, 3.05) is 0 Å². The molecule has 12 heavy (non-hydrogen) atoms. The SMILES string of the molecule is C[C@@H]1CC[C@@H](C)c2ccccc21. The van der Waals surface area contributed by atoms with Crippen LogP contribution < -0.4 is 0 Å². The molecule has 0 amide bonds. The van der Waals surface area contributed by atoms with Crippen LogP contribution in [0, 0.1) is 0 Å². The number of rotatable bonds is 0. The fourth-order valence-corrected chi connectivity index (χ4v) is 2.22. The van der Waals surface area contributed by atoms with Gasteiger partial charge in [-0.1, -0.05) is 38.1 Å². The Hall–Kier alpha value is -0.780. The normalized spacial score (nSPS) is 28.2. The molecule has 0 radical (unpaired) electrons. The van der Waals surface area contributed by atoms with E-state index >= 15 is 0 Å². The molecule has 1 aromatic carbocycles. The van der Waals surface area contributed by atoms with Crippen LogP contribution in [0.3, 0.4) is 0 Å². The molecule has 2 atom stereocenters. The summed E-state index contributed by atoms with van der Waals surface area (Å²) >= 11 is 0. The van der Waals surface area contributed by atoms with E-state index in [0.29, 0.717) is 0 Å². The van der Waals surface area contributed by atoms with Gasteiger partial charge in [0.05, 0.1) is 0 Å². The van der Waals surface area contributed by atoms with Crippen LogP contribution in [-0.4, -0.2) is 0 Å². The zero-order valence-corrected chi connectivity index (χ0v) is 7.88. The van der Waals surface area contributed by atoms with Gasteiger partial charge in [-0.2, -0.15) is 0 Å². The van der Waals surface area contributed by atoms with Gasteiger partial charge in [-0.15, -0.1) is 0 Å². The van der Waals surface area contributed by atoms with Crippen LogP contribution in [0.4, 0.5) is 0 Å². The average molecular weight is 160 g/mol. The largest absolute Gasteiger partial charge is 0.0620 e. The smallest absolute Gasteiger partial charge is 0.0187 e. The summed E-state index contributed by atoms with van der Waals surface area (Å²) in [4.78, 5) is 0. The molecule has 0 aliphatic heterocycles. The highest BCUT2D eigenvalue weighted by molar-refractivity contribution is 5.34. The summed E-state index contributed by atoms with van der Waals surface area (Å²) in [7, 11) is 0. The molecule has 0 spiro atoms. The van der Waals surface area contributed by atoms with Crippen molar-refractivity contribution in [3.8, 4) is 0 Å². The number of hydrogen-bond donors (Lipinski definition) is 0. The first-order valence-corrected chi connectivity index (χ1v) is 4.88. The van der Waals surface area contributed by atoms with E-state index < -0.39 is 0 Å². The van der Waals surface area contributed by atoms with Crippen LogP contribution in [0.5, 0.6) is 0 Å². The Morgan fingerprint density at radius 1 is 0.917 bits per heavy atom. The van der Waals surface area contributed by atoms with E-state index in [2.05, 4.69) is 38.1 Å².